The van der Waals surface area contributed by atoms with Crippen molar-refractivity contribution in [2.75, 3.05) is 0 Å². The second kappa shape index (κ2) is 5.06. The first-order chi connectivity index (χ1) is 9.65. The summed E-state index contributed by atoms with van der Waals surface area (Å²) in [4.78, 5) is 26.3. The van der Waals surface area contributed by atoms with Crippen LogP contribution in [-0.4, -0.2) is 10.4 Å². The lowest BCUT2D eigenvalue weighted by atomic mass is 10.2. The van der Waals surface area contributed by atoms with E-state index in [1.165, 1.54) is 15.9 Å². The molecule has 0 amide bonds. The Labute approximate surface area is 120 Å². The van der Waals surface area contributed by atoms with Crippen molar-refractivity contribution in [1.82, 2.24) is 4.57 Å². The zero-order chi connectivity index (χ0) is 14.1. The number of hydrogen-bond donors (Lipinski definition) is 0. The highest BCUT2D eigenvalue weighted by atomic mass is 32.1. The second-order valence-corrected chi connectivity index (χ2v) is 5.96. The van der Waals surface area contributed by atoms with Gasteiger partial charge in [0.15, 0.2) is 5.78 Å². The van der Waals surface area contributed by atoms with Gasteiger partial charge in [-0.2, -0.15) is 0 Å². The van der Waals surface area contributed by atoms with E-state index in [2.05, 4.69) is 0 Å². The van der Waals surface area contributed by atoms with Crippen LogP contribution in [-0.2, 0) is 6.54 Å². The summed E-state index contributed by atoms with van der Waals surface area (Å²) in [6, 6.07) is 13.0. The molecule has 100 valence electrons. The van der Waals surface area contributed by atoms with Crippen molar-refractivity contribution >= 4 is 27.9 Å². The van der Waals surface area contributed by atoms with E-state index in [9.17, 15) is 9.59 Å². The summed E-state index contributed by atoms with van der Waals surface area (Å²) in [5.74, 6) is -0.0273. The topological polar surface area (TPSA) is 39.1 Å². The van der Waals surface area contributed by atoms with Crippen LogP contribution in [0.15, 0.2) is 53.5 Å². The van der Waals surface area contributed by atoms with Gasteiger partial charge in [0.05, 0.1) is 11.4 Å². The van der Waals surface area contributed by atoms with Gasteiger partial charge in [0.25, 0.3) is 5.56 Å². The van der Waals surface area contributed by atoms with Crippen LogP contribution >= 0.6 is 11.3 Å². The molecular formula is C16H13NO2S. The summed E-state index contributed by atoms with van der Waals surface area (Å²) in [6.45, 7) is 2.05. The molecule has 1 aromatic carbocycles. The molecule has 20 heavy (non-hydrogen) atoms. The number of aryl methyl sites for hydroxylation is 1. The van der Waals surface area contributed by atoms with Crippen LogP contribution in [0.25, 0.3) is 10.8 Å². The van der Waals surface area contributed by atoms with Gasteiger partial charge < -0.3 is 4.57 Å². The van der Waals surface area contributed by atoms with E-state index >= 15 is 0 Å². The molecular weight excluding hydrogens is 270 g/mol. The number of nitrogens with zero attached hydrogens (tertiary/aromatic N) is 1. The summed E-state index contributed by atoms with van der Waals surface area (Å²) in [5.41, 5.74) is -0.121. The molecule has 0 spiro atoms. The first kappa shape index (κ1) is 12.8. The van der Waals surface area contributed by atoms with E-state index in [4.69, 9.17) is 0 Å². The van der Waals surface area contributed by atoms with Gasteiger partial charge in [0, 0.05) is 16.5 Å². The number of benzene rings is 1. The Morgan fingerprint density at radius 2 is 1.95 bits per heavy atom. The Morgan fingerprint density at radius 3 is 2.70 bits per heavy atom. The first-order valence-corrected chi connectivity index (χ1v) is 7.14. The standard InChI is InChI=1S/C16H13NO2S/c1-11-6-7-15(20-11)14(18)10-17-9-8-12-4-2-3-5-13(12)16(17)19/h2-9H,10H2,1H3. The van der Waals surface area contributed by atoms with Gasteiger partial charge >= 0.3 is 0 Å². The molecule has 0 aliphatic carbocycles. The third-order valence-corrected chi connectivity index (χ3v) is 4.26. The molecule has 0 bridgehead atoms. The maximum Gasteiger partial charge on any atom is 0.258 e. The number of pyridine rings is 1. The monoisotopic (exact) mass is 283 g/mol. The lowest BCUT2D eigenvalue weighted by Crippen LogP contribution is -2.23. The Balaban J connectivity index is 1.97. The largest absolute Gasteiger partial charge is 0.307 e. The summed E-state index contributed by atoms with van der Waals surface area (Å²) >= 11 is 1.46. The predicted octanol–water partition coefficient (Wildman–Crippen LogP) is 3.25. The summed E-state index contributed by atoms with van der Waals surface area (Å²) in [6.07, 6.45) is 1.68. The van der Waals surface area contributed by atoms with Crippen molar-refractivity contribution < 1.29 is 4.79 Å². The number of carbonyl (C=O) groups excluding carboxylic acids is 1. The van der Waals surface area contributed by atoms with E-state index in [0.29, 0.717) is 10.3 Å². The average molecular weight is 283 g/mol. The number of fused-ring (bicyclic) bond motifs is 1. The third kappa shape index (κ3) is 2.30. The fraction of sp³-hybridized carbons (Fsp3) is 0.125. The maximum absolute atomic E-state index is 12.3. The highest BCUT2D eigenvalue weighted by Crippen LogP contribution is 2.16. The summed E-state index contributed by atoms with van der Waals surface area (Å²) in [7, 11) is 0. The average Bonchev–Trinajstić information content (AvgIpc) is 2.89. The van der Waals surface area contributed by atoms with E-state index in [1.54, 1.807) is 12.3 Å². The quantitative estimate of drug-likeness (QED) is 0.692. The molecule has 4 heteroatoms. The van der Waals surface area contributed by atoms with Gasteiger partial charge in [-0.1, -0.05) is 18.2 Å². The molecule has 0 aliphatic rings. The fourth-order valence-electron chi connectivity index (χ4n) is 2.17. The van der Waals surface area contributed by atoms with Gasteiger partial charge in [-0.3, -0.25) is 9.59 Å². The zero-order valence-corrected chi connectivity index (χ0v) is 11.8. The Morgan fingerprint density at radius 1 is 1.15 bits per heavy atom. The number of aromatic nitrogens is 1. The Hall–Kier alpha value is -2.20. The fourth-order valence-corrected chi connectivity index (χ4v) is 2.97. The van der Waals surface area contributed by atoms with Crippen LogP contribution in [0.1, 0.15) is 14.5 Å². The molecule has 2 aromatic heterocycles. The van der Waals surface area contributed by atoms with Crippen molar-refractivity contribution in [3.63, 3.8) is 0 Å². The molecule has 0 unspecified atom stereocenters. The molecule has 0 aliphatic heterocycles. The van der Waals surface area contributed by atoms with Crippen molar-refractivity contribution in [3.05, 3.63) is 68.8 Å². The number of rotatable bonds is 3. The van der Waals surface area contributed by atoms with Crippen molar-refractivity contribution in [3.8, 4) is 0 Å². The van der Waals surface area contributed by atoms with Crippen LogP contribution in [0.4, 0.5) is 0 Å². The number of Topliss-reactive ketones (excluding diaryl/α,β-unsaturated/α-hetero) is 1. The summed E-state index contributed by atoms with van der Waals surface area (Å²) in [5, 5.41) is 1.54. The zero-order valence-electron chi connectivity index (χ0n) is 11.0. The molecule has 2 heterocycles. The van der Waals surface area contributed by atoms with Gasteiger partial charge in [-0.25, -0.2) is 0 Å². The van der Waals surface area contributed by atoms with Crippen LogP contribution in [0, 0.1) is 6.92 Å². The smallest absolute Gasteiger partial charge is 0.258 e. The van der Waals surface area contributed by atoms with Crippen molar-refractivity contribution in [2.45, 2.75) is 13.5 Å². The van der Waals surface area contributed by atoms with Crippen LogP contribution in [0.5, 0.6) is 0 Å². The molecule has 0 N–H and O–H groups in total. The van der Waals surface area contributed by atoms with E-state index < -0.39 is 0 Å². The Kier molecular flexibility index (Phi) is 3.24. The molecule has 0 saturated heterocycles. The normalized spacial score (nSPS) is 10.8. The number of thiophene rings is 1. The van der Waals surface area contributed by atoms with E-state index in [-0.39, 0.29) is 17.9 Å². The highest BCUT2D eigenvalue weighted by molar-refractivity contribution is 7.14. The van der Waals surface area contributed by atoms with Gasteiger partial charge in [-0.15, -0.1) is 11.3 Å². The lowest BCUT2D eigenvalue weighted by molar-refractivity contribution is 0.0975. The minimum absolute atomic E-state index is 0.0273. The van der Waals surface area contributed by atoms with Crippen molar-refractivity contribution in [1.29, 1.82) is 0 Å². The molecule has 0 radical (unpaired) electrons. The summed E-state index contributed by atoms with van der Waals surface area (Å²) < 4.78 is 1.47. The molecule has 3 rings (SSSR count). The highest BCUT2D eigenvalue weighted by Gasteiger charge is 2.11. The maximum atomic E-state index is 12.3. The molecule has 3 aromatic rings. The number of ketones is 1. The minimum Gasteiger partial charge on any atom is -0.307 e. The molecule has 0 atom stereocenters. The second-order valence-electron chi connectivity index (χ2n) is 4.67. The van der Waals surface area contributed by atoms with Gasteiger partial charge in [0.1, 0.15) is 0 Å². The molecule has 0 saturated carbocycles. The minimum atomic E-state index is -0.121. The third-order valence-electron chi connectivity index (χ3n) is 3.22. The molecule has 3 nitrogen and oxygen atoms in total. The Bertz CT molecular complexity index is 845. The van der Waals surface area contributed by atoms with Gasteiger partial charge in [-0.05, 0) is 36.6 Å². The lowest BCUT2D eigenvalue weighted by Gasteiger charge is -2.05. The number of carbonyl (C=O) groups is 1. The predicted molar refractivity (Wildman–Crippen MR) is 81.6 cm³/mol. The molecule has 0 fully saturated rings. The van der Waals surface area contributed by atoms with E-state index in [1.807, 2.05) is 43.3 Å². The van der Waals surface area contributed by atoms with E-state index in [0.717, 1.165) is 10.3 Å². The first-order valence-electron chi connectivity index (χ1n) is 6.33. The SMILES string of the molecule is Cc1ccc(C(=O)Cn2ccc3ccccc3c2=O)s1. The van der Waals surface area contributed by atoms with Crippen LogP contribution in [0.2, 0.25) is 0 Å². The van der Waals surface area contributed by atoms with Crippen molar-refractivity contribution in [2.24, 2.45) is 0 Å². The van der Waals surface area contributed by atoms with Crippen LogP contribution in [0.3, 0.4) is 0 Å². The van der Waals surface area contributed by atoms with Gasteiger partial charge in [0.2, 0.25) is 0 Å². The number of hydrogen-bond acceptors (Lipinski definition) is 3. The van der Waals surface area contributed by atoms with Crippen LogP contribution < -0.4 is 5.56 Å².